The molecular formula is C19H20N2O4S. The third-order valence-electron chi connectivity index (χ3n) is 4.18. The Morgan fingerprint density at radius 3 is 2.38 bits per heavy atom. The molecule has 3 rings (SSSR count). The van der Waals surface area contributed by atoms with Crippen molar-refractivity contribution in [1.82, 2.24) is 9.55 Å². The molecule has 1 heterocycles. The van der Waals surface area contributed by atoms with Crippen LogP contribution in [0.5, 0.6) is 11.5 Å². The summed E-state index contributed by atoms with van der Waals surface area (Å²) in [6, 6.07) is 10.8. The van der Waals surface area contributed by atoms with E-state index in [1.807, 2.05) is 12.1 Å². The van der Waals surface area contributed by atoms with E-state index in [2.05, 4.69) is 4.98 Å². The van der Waals surface area contributed by atoms with Crippen LogP contribution in [0, 0.1) is 0 Å². The average molecular weight is 372 g/mol. The lowest BCUT2D eigenvalue weighted by molar-refractivity contribution is 0.393. The Morgan fingerprint density at radius 1 is 1.08 bits per heavy atom. The SMILES string of the molecule is COc1cc(CCn2cnc3ccc(S(C)=O)cc3c2=O)cc(OC)c1. The highest BCUT2D eigenvalue weighted by molar-refractivity contribution is 7.84. The number of methoxy groups -OCH3 is 2. The molecule has 0 spiro atoms. The lowest BCUT2D eigenvalue weighted by Crippen LogP contribution is -2.21. The van der Waals surface area contributed by atoms with Gasteiger partial charge in [-0.1, -0.05) is 0 Å². The minimum atomic E-state index is -1.14. The Morgan fingerprint density at radius 2 is 1.77 bits per heavy atom. The number of aryl methyl sites for hydroxylation is 2. The predicted octanol–water partition coefficient (Wildman–Crippen LogP) is 2.39. The van der Waals surface area contributed by atoms with Gasteiger partial charge in [0.05, 0.1) is 31.4 Å². The van der Waals surface area contributed by atoms with Crippen molar-refractivity contribution in [2.75, 3.05) is 20.5 Å². The molecule has 0 radical (unpaired) electrons. The standard InChI is InChI=1S/C19H20N2O4S/c1-24-14-8-13(9-15(10-14)25-2)6-7-21-12-20-18-5-4-16(26(3)23)11-17(18)19(21)22/h4-5,8-12H,6-7H2,1-3H3. The fourth-order valence-corrected chi connectivity index (χ4v) is 3.28. The van der Waals surface area contributed by atoms with Gasteiger partial charge >= 0.3 is 0 Å². The van der Waals surface area contributed by atoms with Gasteiger partial charge in [-0.3, -0.25) is 13.6 Å². The van der Waals surface area contributed by atoms with Crippen LogP contribution >= 0.6 is 0 Å². The number of ether oxygens (including phenoxy) is 2. The lowest BCUT2D eigenvalue weighted by atomic mass is 10.1. The van der Waals surface area contributed by atoms with Crippen LogP contribution in [0.25, 0.3) is 10.9 Å². The van der Waals surface area contributed by atoms with Crippen LogP contribution in [0.15, 0.2) is 52.4 Å². The second-order valence-corrected chi connectivity index (χ2v) is 7.23. The van der Waals surface area contributed by atoms with E-state index in [1.54, 1.807) is 55.6 Å². The van der Waals surface area contributed by atoms with Crippen LogP contribution in [-0.2, 0) is 23.8 Å². The van der Waals surface area contributed by atoms with Crippen molar-refractivity contribution >= 4 is 21.7 Å². The lowest BCUT2D eigenvalue weighted by Gasteiger charge is -2.10. The molecule has 0 N–H and O–H groups in total. The molecule has 1 unspecified atom stereocenters. The number of nitrogens with zero attached hydrogens (tertiary/aromatic N) is 2. The van der Waals surface area contributed by atoms with Gasteiger partial charge in [-0.15, -0.1) is 0 Å². The molecule has 136 valence electrons. The van der Waals surface area contributed by atoms with Crippen molar-refractivity contribution < 1.29 is 13.7 Å². The van der Waals surface area contributed by atoms with Gasteiger partial charge in [-0.2, -0.15) is 0 Å². The van der Waals surface area contributed by atoms with E-state index in [0.717, 1.165) is 5.56 Å². The highest BCUT2D eigenvalue weighted by atomic mass is 32.2. The first kappa shape index (κ1) is 18.1. The molecule has 0 aliphatic rings. The van der Waals surface area contributed by atoms with E-state index < -0.39 is 10.8 Å². The maximum Gasteiger partial charge on any atom is 0.261 e. The van der Waals surface area contributed by atoms with E-state index >= 15 is 0 Å². The van der Waals surface area contributed by atoms with E-state index in [9.17, 15) is 9.00 Å². The molecule has 0 saturated carbocycles. The Kier molecular flexibility index (Phi) is 5.37. The smallest absolute Gasteiger partial charge is 0.261 e. The zero-order chi connectivity index (χ0) is 18.7. The Balaban J connectivity index is 1.91. The van der Waals surface area contributed by atoms with Gasteiger partial charge < -0.3 is 9.47 Å². The monoisotopic (exact) mass is 372 g/mol. The molecular weight excluding hydrogens is 352 g/mol. The van der Waals surface area contributed by atoms with Gasteiger partial charge in [0.1, 0.15) is 11.5 Å². The average Bonchev–Trinajstić information content (AvgIpc) is 2.66. The summed E-state index contributed by atoms with van der Waals surface area (Å²) >= 11 is 0. The first-order chi connectivity index (χ1) is 12.5. The number of hydrogen-bond donors (Lipinski definition) is 0. The second kappa shape index (κ2) is 7.70. The van der Waals surface area contributed by atoms with Gasteiger partial charge in [-0.05, 0) is 42.3 Å². The summed E-state index contributed by atoms with van der Waals surface area (Å²) < 4.78 is 23.8. The predicted molar refractivity (Wildman–Crippen MR) is 102 cm³/mol. The Hall–Kier alpha value is -2.67. The van der Waals surface area contributed by atoms with Crippen LogP contribution in [-0.4, -0.2) is 34.2 Å². The Bertz CT molecular complexity index is 1010. The van der Waals surface area contributed by atoms with Crippen molar-refractivity contribution in [3.8, 4) is 11.5 Å². The topological polar surface area (TPSA) is 70.4 Å². The molecule has 0 fully saturated rings. The maximum absolute atomic E-state index is 12.7. The van der Waals surface area contributed by atoms with Crippen LogP contribution in [0.1, 0.15) is 5.56 Å². The van der Waals surface area contributed by atoms with E-state index in [-0.39, 0.29) is 5.56 Å². The highest BCUT2D eigenvalue weighted by Crippen LogP contribution is 2.23. The summed E-state index contributed by atoms with van der Waals surface area (Å²) in [5.74, 6) is 1.41. The number of fused-ring (bicyclic) bond motifs is 1. The Labute approximate surface area is 153 Å². The van der Waals surface area contributed by atoms with E-state index in [0.29, 0.717) is 40.3 Å². The second-order valence-electron chi connectivity index (χ2n) is 5.85. The van der Waals surface area contributed by atoms with Gasteiger partial charge in [0.25, 0.3) is 5.56 Å². The van der Waals surface area contributed by atoms with Gasteiger partial charge in [0.15, 0.2) is 0 Å². The molecule has 0 aliphatic heterocycles. The van der Waals surface area contributed by atoms with Crippen LogP contribution in [0.2, 0.25) is 0 Å². The molecule has 0 saturated heterocycles. The van der Waals surface area contributed by atoms with Crippen LogP contribution in [0.3, 0.4) is 0 Å². The first-order valence-electron chi connectivity index (χ1n) is 8.06. The van der Waals surface area contributed by atoms with Crippen molar-refractivity contribution in [1.29, 1.82) is 0 Å². The van der Waals surface area contributed by atoms with Crippen molar-refractivity contribution in [2.24, 2.45) is 0 Å². The molecule has 26 heavy (non-hydrogen) atoms. The molecule has 0 aliphatic carbocycles. The number of aromatic nitrogens is 2. The summed E-state index contributed by atoms with van der Waals surface area (Å²) in [5, 5.41) is 0.475. The molecule has 1 atom stereocenters. The summed E-state index contributed by atoms with van der Waals surface area (Å²) in [6.07, 6.45) is 3.76. The molecule has 0 bridgehead atoms. The van der Waals surface area contributed by atoms with Crippen molar-refractivity contribution in [3.63, 3.8) is 0 Å². The van der Waals surface area contributed by atoms with Crippen molar-refractivity contribution in [3.05, 3.63) is 58.6 Å². The molecule has 1 aromatic heterocycles. The van der Waals surface area contributed by atoms with Gasteiger partial charge in [-0.25, -0.2) is 4.98 Å². The number of hydrogen-bond acceptors (Lipinski definition) is 5. The quantitative estimate of drug-likeness (QED) is 0.664. The summed E-state index contributed by atoms with van der Waals surface area (Å²) in [5.41, 5.74) is 1.46. The van der Waals surface area contributed by atoms with Gasteiger partial charge in [0, 0.05) is 34.6 Å². The zero-order valence-electron chi connectivity index (χ0n) is 14.9. The fraction of sp³-hybridized carbons (Fsp3) is 0.263. The molecule has 6 nitrogen and oxygen atoms in total. The van der Waals surface area contributed by atoms with Crippen molar-refractivity contribution in [2.45, 2.75) is 17.9 Å². The minimum absolute atomic E-state index is 0.142. The van der Waals surface area contributed by atoms with Crippen LogP contribution in [0.4, 0.5) is 0 Å². The van der Waals surface area contributed by atoms with Gasteiger partial charge in [0.2, 0.25) is 0 Å². The number of rotatable bonds is 6. The molecule has 3 aromatic rings. The zero-order valence-corrected chi connectivity index (χ0v) is 15.7. The van der Waals surface area contributed by atoms with E-state index in [4.69, 9.17) is 9.47 Å². The molecule has 2 aromatic carbocycles. The normalized spacial score (nSPS) is 12.1. The molecule has 7 heteroatoms. The molecule has 0 amide bonds. The maximum atomic E-state index is 12.7. The summed E-state index contributed by atoms with van der Waals surface area (Å²) in [4.78, 5) is 17.7. The largest absolute Gasteiger partial charge is 0.497 e. The van der Waals surface area contributed by atoms with E-state index in [1.165, 1.54) is 0 Å². The number of benzene rings is 2. The summed E-state index contributed by atoms with van der Waals surface area (Å²) in [7, 11) is 2.06. The third-order valence-corrected chi connectivity index (χ3v) is 5.10. The summed E-state index contributed by atoms with van der Waals surface area (Å²) in [6.45, 7) is 0.470. The minimum Gasteiger partial charge on any atom is -0.497 e. The third kappa shape index (κ3) is 3.77. The highest BCUT2D eigenvalue weighted by Gasteiger charge is 2.08. The fourth-order valence-electron chi connectivity index (χ4n) is 2.74. The first-order valence-corrected chi connectivity index (χ1v) is 9.62. The van der Waals surface area contributed by atoms with Crippen LogP contribution < -0.4 is 15.0 Å².